The molecule has 0 bridgehead atoms. The number of carbonyl (C=O) groups is 1. The van der Waals surface area contributed by atoms with Crippen molar-refractivity contribution in [2.45, 2.75) is 13.0 Å². The van der Waals surface area contributed by atoms with Crippen LogP contribution in [0.2, 0.25) is 5.02 Å². The van der Waals surface area contributed by atoms with Crippen LogP contribution in [0.3, 0.4) is 0 Å². The zero-order chi connectivity index (χ0) is 12.4. The van der Waals surface area contributed by atoms with E-state index in [2.05, 4.69) is 0 Å². The Balaban J connectivity index is 2.35. The van der Waals surface area contributed by atoms with E-state index in [0.29, 0.717) is 23.0 Å². The molecule has 0 saturated heterocycles. The van der Waals surface area contributed by atoms with Crippen LogP contribution < -0.4 is 9.64 Å². The largest absolute Gasteiger partial charge is 0.487 e. The van der Waals surface area contributed by atoms with E-state index in [4.69, 9.17) is 21.1 Å². The molecular formula is C12H14ClNO3. The first-order valence-electron chi connectivity index (χ1n) is 5.37. The van der Waals surface area contributed by atoms with Crippen molar-refractivity contribution in [3.63, 3.8) is 0 Å². The molecule has 0 N–H and O–H groups in total. The number of hydrogen-bond acceptors (Lipinski definition) is 3. The summed E-state index contributed by atoms with van der Waals surface area (Å²) in [6, 6.07) is 5.26. The summed E-state index contributed by atoms with van der Waals surface area (Å²) < 4.78 is 10.5. The second kappa shape index (κ2) is 4.94. The van der Waals surface area contributed by atoms with Gasteiger partial charge in [-0.1, -0.05) is 11.6 Å². The minimum absolute atomic E-state index is 0.0375. The van der Waals surface area contributed by atoms with E-state index in [1.165, 1.54) is 7.11 Å². The smallest absolute Gasteiger partial charge is 0.253 e. The fraction of sp³-hybridized carbons (Fsp3) is 0.417. The molecule has 0 saturated carbocycles. The number of anilines is 1. The van der Waals surface area contributed by atoms with Gasteiger partial charge in [0.15, 0.2) is 0 Å². The number of fused-ring (bicyclic) bond motifs is 1. The summed E-state index contributed by atoms with van der Waals surface area (Å²) in [5.74, 6) is 0.587. The van der Waals surface area contributed by atoms with E-state index in [1.54, 1.807) is 23.1 Å². The van der Waals surface area contributed by atoms with Gasteiger partial charge < -0.3 is 14.4 Å². The van der Waals surface area contributed by atoms with Crippen LogP contribution in [0.1, 0.15) is 6.92 Å². The van der Waals surface area contributed by atoms with Crippen molar-refractivity contribution in [3.05, 3.63) is 23.2 Å². The first kappa shape index (κ1) is 12.2. The van der Waals surface area contributed by atoms with Crippen molar-refractivity contribution in [2.24, 2.45) is 0 Å². The van der Waals surface area contributed by atoms with Crippen molar-refractivity contribution in [3.8, 4) is 5.75 Å². The number of benzene rings is 1. The molecular weight excluding hydrogens is 242 g/mol. The number of ether oxygens (including phenoxy) is 2. The normalized spacial score (nSPS) is 18.5. The second-order valence-electron chi connectivity index (χ2n) is 3.98. The van der Waals surface area contributed by atoms with Gasteiger partial charge in [0.25, 0.3) is 5.91 Å². The molecule has 0 spiro atoms. The Morgan fingerprint density at radius 2 is 2.41 bits per heavy atom. The lowest BCUT2D eigenvalue weighted by Crippen LogP contribution is -2.43. The van der Waals surface area contributed by atoms with Crippen molar-refractivity contribution in [1.82, 2.24) is 0 Å². The number of rotatable bonds is 2. The van der Waals surface area contributed by atoms with Crippen LogP contribution in [-0.4, -0.2) is 32.3 Å². The number of halogens is 1. The number of hydrogen-bond donors (Lipinski definition) is 0. The molecule has 1 aliphatic heterocycles. The SMILES string of the molecule is COCC(=O)N1CC(C)Oc2ccc(Cl)cc21. The topological polar surface area (TPSA) is 38.8 Å². The molecule has 1 heterocycles. The van der Waals surface area contributed by atoms with Gasteiger partial charge in [0.2, 0.25) is 0 Å². The highest BCUT2D eigenvalue weighted by Crippen LogP contribution is 2.35. The van der Waals surface area contributed by atoms with Crippen LogP contribution in [0.25, 0.3) is 0 Å². The third kappa shape index (κ3) is 2.53. The van der Waals surface area contributed by atoms with E-state index >= 15 is 0 Å². The second-order valence-corrected chi connectivity index (χ2v) is 4.41. The first-order chi connectivity index (χ1) is 8.11. The summed E-state index contributed by atoms with van der Waals surface area (Å²) in [5, 5.41) is 0.581. The third-order valence-electron chi connectivity index (χ3n) is 2.55. The number of nitrogens with zero attached hydrogens (tertiary/aromatic N) is 1. The van der Waals surface area contributed by atoms with Crippen molar-refractivity contribution >= 4 is 23.2 Å². The Hall–Kier alpha value is -1.26. The van der Waals surface area contributed by atoms with Crippen LogP contribution in [0, 0.1) is 0 Å². The molecule has 1 aliphatic rings. The highest BCUT2D eigenvalue weighted by Gasteiger charge is 2.27. The van der Waals surface area contributed by atoms with Crippen LogP contribution in [0.15, 0.2) is 18.2 Å². The maximum atomic E-state index is 11.9. The first-order valence-corrected chi connectivity index (χ1v) is 5.75. The van der Waals surface area contributed by atoms with Gasteiger partial charge in [0.05, 0.1) is 12.2 Å². The zero-order valence-electron chi connectivity index (χ0n) is 9.77. The fourth-order valence-electron chi connectivity index (χ4n) is 1.85. The molecule has 17 heavy (non-hydrogen) atoms. The summed E-state index contributed by atoms with van der Waals surface area (Å²) in [6.07, 6.45) is -0.0375. The maximum Gasteiger partial charge on any atom is 0.253 e. The molecule has 1 aromatic rings. The summed E-state index contributed by atoms with van der Waals surface area (Å²) in [6.45, 7) is 2.48. The van der Waals surface area contributed by atoms with Gasteiger partial charge in [-0.3, -0.25) is 4.79 Å². The Kier molecular flexibility index (Phi) is 3.54. The molecule has 0 fully saturated rings. The van der Waals surface area contributed by atoms with Crippen LogP contribution >= 0.6 is 11.6 Å². The van der Waals surface area contributed by atoms with E-state index in [9.17, 15) is 4.79 Å². The molecule has 1 atom stereocenters. The zero-order valence-corrected chi connectivity index (χ0v) is 10.5. The highest BCUT2D eigenvalue weighted by molar-refractivity contribution is 6.31. The predicted octanol–water partition coefficient (Wildman–Crippen LogP) is 2.10. The number of methoxy groups -OCH3 is 1. The monoisotopic (exact) mass is 255 g/mol. The predicted molar refractivity (Wildman–Crippen MR) is 65.8 cm³/mol. The van der Waals surface area contributed by atoms with E-state index in [1.807, 2.05) is 6.92 Å². The van der Waals surface area contributed by atoms with Crippen molar-refractivity contribution < 1.29 is 14.3 Å². The lowest BCUT2D eigenvalue weighted by Gasteiger charge is -2.33. The van der Waals surface area contributed by atoms with Crippen molar-refractivity contribution in [2.75, 3.05) is 25.2 Å². The lowest BCUT2D eigenvalue weighted by molar-refractivity contribution is -0.122. The van der Waals surface area contributed by atoms with Gasteiger partial charge in [0, 0.05) is 12.1 Å². The molecule has 5 heteroatoms. The van der Waals surface area contributed by atoms with E-state index in [-0.39, 0.29) is 18.6 Å². The Morgan fingerprint density at radius 3 is 3.12 bits per heavy atom. The molecule has 1 aromatic carbocycles. The van der Waals surface area contributed by atoms with Crippen molar-refractivity contribution in [1.29, 1.82) is 0 Å². The molecule has 2 rings (SSSR count). The Labute approximate surface area is 105 Å². The molecule has 1 unspecified atom stereocenters. The van der Waals surface area contributed by atoms with E-state index < -0.39 is 0 Å². The van der Waals surface area contributed by atoms with Gasteiger partial charge in [-0.05, 0) is 25.1 Å². The average molecular weight is 256 g/mol. The van der Waals surface area contributed by atoms with Crippen LogP contribution in [-0.2, 0) is 9.53 Å². The van der Waals surface area contributed by atoms with Gasteiger partial charge in [-0.25, -0.2) is 0 Å². The minimum Gasteiger partial charge on any atom is -0.487 e. The number of carbonyl (C=O) groups excluding carboxylic acids is 1. The summed E-state index contributed by atoms with van der Waals surface area (Å²) in [4.78, 5) is 13.6. The fourth-order valence-corrected chi connectivity index (χ4v) is 2.01. The van der Waals surface area contributed by atoms with E-state index in [0.717, 1.165) is 0 Å². The Bertz CT molecular complexity index is 436. The average Bonchev–Trinajstić information content (AvgIpc) is 2.29. The maximum absolute atomic E-state index is 11.9. The quantitative estimate of drug-likeness (QED) is 0.812. The molecule has 0 aromatic heterocycles. The highest BCUT2D eigenvalue weighted by atomic mass is 35.5. The summed E-state index contributed by atoms with van der Waals surface area (Å²) in [7, 11) is 1.50. The van der Waals surface area contributed by atoms with Crippen LogP contribution in [0.4, 0.5) is 5.69 Å². The van der Waals surface area contributed by atoms with Crippen LogP contribution in [0.5, 0.6) is 5.75 Å². The molecule has 0 aliphatic carbocycles. The molecule has 0 radical (unpaired) electrons. The third-order valence-corrected chi connectivity index (χ3v) is 2.78. The summed E-state index contributed by atoms with van der Waals surface area (Å²) in [5.41, 5.74) is 0.706. The van der Waals surface area contributed by atoms with Gasteiger partial charge >= 0.3 is 0 Å². The lowest BCUT2D eigenvalue weighted by atomic mass is 10.2. The summed E-state index contributed by atoms with van der Waals surface area (Å²) >= 11 is 5.94. The molecule has 4 nitrogen and oxygen atoms in total. The minimum atomic E-state index is -0.0915. The molecule has 1 amide bonds. The van der Waals surface area contributed by atoms with Gasteiger partial charge in [-0.2, -0.15) is 0 Å². The standard InChI is InChI=1S/C12H14ClNO3/c1-8-6-14(12(15)7-16-2)10-5-9(13)3-4-11(10)17-8/h3-5,8H,6-7H2,1-2H3. The molecule has 92 valence electrons. The number of amides is 1. The van der Waals surface area contributed by atoms with Gasteiger partial charge in [0.1, 0.15) is 18.5 Å². The van der Waals surface area contributed by atoms with Gasteiger partial charge in [-0.15, -0.1) is 0 Å². The Morgan fingerprint density at radius 1 is 1.65 bits per heavy atom.